The molecule has 0 atom stereocenters. The highest BCUT2D eigenvalue weighted by molar-refractivity contribution is 5.85. The van der Waals surface area contributed by atoms with Gasteiger partial charge in [-0.3, -0.25) is 4.79 Å². The number of likely N-dealkylation sites (N-methyl/N-ethyl adjacent to an activating group) is 1. The lowest BCUT2D eigenvalue weighted by Gasteiger charge is -2.36. The zero-order valence-electron chi connectivity index (χ0n) is 9.81. The third-order valence-corrected chi connectivity index (χ3v) is 3.35. The number of amides is 3. The molecule has 90 valence electrons. The molecule has 16 heavy (non-hydrogen) atoms. The topological polar surface area (TPSA) is 43.9 Å². The lowest BCUT2D eigenvalue weighted by atomic mass is 10.1. The van der Waals surface area contributed by atoms with E-state index in [-0.39, 0.29) is 18.5 Å². The van der Waals surface area contributed by atoms with Gasteiger partial charge in [0.1, 0.15) is 6.54 Å². The predicted molar refractivity (Wildman–Crippen MR) is 60.0 cm³/mol. The molecule has 0 bridgehead atoms. The summed E-state index contributed by atoms with van der Waals surface area (Å²) >= 11 is 0. The molecule has 2 rings (SSSR count). The minimum Gasteiger partial charge on any atom is -0.342 e. The number of carbonyl (C=O) groups is 2. The van der Waals surface area contributed by atoms with Gasteiger partial charge in [0.25, 0.3) is 0 Å². The highest BCUT2D eigenvalue weighted by Gasteiger charge is 2.28. The summed E-state index contributed by atoms with van der Waals surface area (Å²) in [5.41, 5.74) is 0. The summed E-state index contributed by atoms with van der Waals surface area (Å²) in [6.45, 7) is 3.25. The van der Waals surface area contributed by atoms with E-state index in [0.717, 1.165) is 25.9 Å². The Hall–Kier alpha value is -1.26. The van der Waals surface area contributed by atoms with E-state index in [1.807, 2.05) is 4.90 Å². The Morgan fingerprint density at radius 1 is 1.00 bits per heavy atom. The van der Waals surface area contributed by atoms with Crippen LogP contribution in [0.1, 0.15) is 19.3 Å². The second-order valence-corrected chi connectivity index (χ2v) is 4.57. The number of rotatable bonds is 0. The molecule has 0 saturated carbocycles. The molecule has 2 aliphatic rings. The van der Waals surface area contributed by atoms with Crippen LogP contribution in [-0.4, -0.2) is 66.4 Å². The smallest absolute Gasteiger partial charge is 0.320 e. The minimum absolute atomic E-state index is 0.0385. The van der Waals surface area contributed by atoms with Crippen LogP contribution in [0.25, 0.3) is 0 Å². The van der Waals surface area contributed by atoms with E-state index in [1.54, 1.807) is 16.8 Å². The first kappa shape index (κ1) is 11.2. The molecular weight excluding hydrogens is 206 g/mol. The Labute approximate surface area is 96.0 Å². The summed E-state index contributed by atoms with van der Waals surface area (Å²) < 4.78 is 0. The van der Waals surface area contributed by atoms with Crippen LogP contribution in [0.3, 0.4) is 0 Å². The summed E-state index contributed by atoms with van der Waals surface area (Å²) in [6.07, 6.45) is 3.40. The normalized spacial score (nSPS) is 22.6. The summed E-state index contributed by atoms with van der Waals surface area (Å²) in [5.74, 6) is 0.0385. The number of piperidine rings is 1. The molecule has 5 heteroatoms. The maximum atomic E-state index is 12.1. The van der Waals surface area contributed by atoms with Crippen LogP contribution >= 0.6 is 0 Å². The number of carbonyl (C=O) groups excluding carboxylic acids is 2. The van der Waals surface area contributed by atoms with Gasteiger partial charge in [-0.25, -0.2) is 4.79 Å². The first-order chi connectivity index (χ1) is 7.68. The van der Waals surface area contributed by atoms with Gasteiger partial charge in [-0.2, -0.15) is 0 Å². The maximum Gasteiger partial charge on any atom is 0.320 e. The Bertz CT molecular complexity index is 287. The average Bonchev–Trinajstić information content (AvgIpc) is 2.33. The van der Waals surface area contributed by atoms with Crippen LogP contribution in [0.2, 0.25) is 0 Å². The van der Waals surface area contributed by atoms with Gasteiger partial charge in [0.15, 0.2) is 0 Å². The SMILES string of the molecule is CN1CCN(C(=O)N2CCCCC2)CC1=O. The number of urea groups is 1. The summed E-state index contributed by atoms with van der Waals surface area (Å²) in [7, 11) is 1.78. The van der Waals surface area contributed by atoms with Gasteiger partial charge in [-0.15, -0.1) is 0 Å². The molecule has 2 saturated heterocycles. The molecule has 0 spiro atoms. The van der Waals surface area contributed by atoms with Gasteiger partial charge in [0.05, 0.1) is 0 Å². The fourth-order valence-electron chi connectivity index (χ4n) is 2.21. The van der Waals surface area contributed by atoms with Gasteiger partial charge in [-0.1, -0.05) is 0 Å². The number of hydrogen-bond acceptors (Lipinski definition) is 2. The predicted octanol–water partition coefficient (Wildman–Crippen LogP) is 0.366. The van der Waals surface area contributed by atoms with Crippen LogP contribution in [-0.2, 0) is 4.79 Å². The van der Waals surface area contributed by atoms with E-state index < -0.39 is 0 Å². The van der Waals surface area contributed by atoms with Crippen molar-refractivity contribution in [1.82, 2.24) is 14.7 Å². The van der Waals surface area contributed by atoms with Crippen molar-refractivity contribution in [2.24, 2.45) is 0 Å². The molecule has 2 heterocycles. The third kappa shape index (κ3) is 2.28. The molecule has 0 aliphatic carbocycles. The molecule has 0 aromatic carbocycles. The van der Waals surface area contributed by atoms with E-state index in [9.17, 15) is 9.59 Å². The van der Waals surface area contributed by atoms with Crippen molar-refractivity contribution in [3.8, 4) is 0 Å². The van der Waals surface area contributed by atoms with Crippen LogP contribution in [0.4, 0.5) is 4.79 Å². The van der Waals surface area contributed by atoms with Gasteiger partial charge in [0, 0.05) is 33.2 Å². The van der Waals surface area contributed by atoms with E-state index in [4.69, 9.17) is 0 Å². The molecule has 3 amide bonds. The standard InChI is InChI=1S/C11H19N3O2/c1-12-7-8-14(9-10(12)15)11(16)13-5-3-2-4-6-13/h2-9H2,1H3. The molecule has 0 radical (unpaired) electrons. The Morgan fingerprint density at radius 2 is 1.69 bits per heavy atom. The van der Waals surface area contributed by atoms with Gasteiger partial charge in [-0.05, 0) is 19.3 Å². The van der Waals surface area contributed by atoms with E-state index in [1.165, 1.54) is 6.42 Å². The number of piperazine rings is 1. The fraction of sp³-hybridized carbons (Fsp3) is 0.818. The van der Waals surface area contributed by atoms with Gasteiger partial charge in [0.2, 0.25) is 5.91 Å². The number of hydrogen-bond donors (Lipinski definition) is 0. The highest BCUT2D eigenvalue weighted by atomic mass is 16.2. The Balaban J connectivity index is 1.91. The lowest BCUT2D eigenvalue weighted by molar-refractivity contribution is -0.133. The van der Waals surface area contributed by atoms with Gasteiger partial charge >= 0.3 is 6.03 Å². The minimum atomic E-state index is 0.0385. The molecule has 0 N–H and O–H groups in total. The fourth-order valence-corrected chi connectivity index (χ4v) is 2.21. The Morgan fingerprint density at radius 3 is 2.31 bits per heavy atom. The highest BCUT2D eigenvalue weighted by Crippen LogP contribution is 2.12. The molecule has 2 fully saturated rings. The molecule has 0 unspecified atom stereocenters. The zero-order chi connectivity index (χ0) is 11.5. The summed E-state index contributed by atoms with van der Waals surface area (Å²) in [5, 5.41) is 0. The summed E-state index contributed by atoms with van der Waals surface area (Å²) in [6, 6.07) is 0.0427. The number of nitrogens with zero attached hydrogens (tertiary/aromatic N) is 3. The van der Waals surface area contributed by atoms with Crippen molar-refractivity contribution in [2.45, 2.75) is 19.3 Å². The lowest BCUT2D eigenvalue weighted by Crippen LogP contribution is -2.55. The van der Waals surface area contributed by atoms with Crippen molar-refractivity contribution < 1.29 is 9.59 Å². The molecule has 5 nitrogen and oxygen atoms in total. The van der Waals surface area contributed by atoms with Crippen molar-refractivity contribution in [2.75, 3.05) is 39.8 Å². The Kier molecular flexibility index (Phi) is 3.31. The van der Waals surface area contributed by atoms with Crippen LogP contribution in [0.5, 0.6) is 0 Å². The third-order valence-electron chi connectivity index (χ3n) is 3.35. The first-order valence-electron chi connectivity index (χ1n) is 5.96. The van der Waals surface area contributed by atoms with Crippen molar-refractivity contribution in [1.29, 1.82) is 0 Å². The van der Waals surface area contributed by atoms with Crippen molar-refractivity contribution in [3.05, 3.63) is 0 Å². The molecule has 0 aromatic rings. The maximum absolute atomic E-state index is 12.1. The van der Waals surface area contributed by atoms with E-state index in [2.05, 4.69) is 0 Å². The molecule has 2 aliphatic heterocycles. The first-order valence-corrected chi connectivity index (χ1v) is 5.96. The van der Waals surface area contributed by atoms with Crippen molar-refractivity contribution >= 4 is 11.9 Å². The average molecular weight is 225 g/mol. The zero-order valence-corrected chi connectivity index (χ0v) is 9.81. The largest absolute Gasteiger partial charge is 0.342 e. The van der Waals surface area contributed by atoms with Crippen LogP contribution in [0.15, 0.2) is 0 Å². The molecular formula is C11H19N3O2. The molecule has 0 aromatic heterocycles. The second-order valence-electron chi connectivity index (χ2n) is 4.57. The number of likely N-dealkylation sites (tertiary alicyclic amines) is 1. The monoisotopic (exact) mass is 225 g/mol. The van der Waals surface area contributed by atoms with Crippen LogP contribution < -0.4 is 0 Å². The second kappa shape index (κ2) is 4.72. The van der Waals surface area contributed by atoms with E-state index >= 15 is 0 Å². The summed E-state index contributed by atoms with van der Waals surface area (Å²) in [4.78, 5) is 28.8. The van der Waals surface area contributed by atoms with Crippen molar-refractivity contribution in [3.63, 3.8) is 0 Å². The van der Waals surface area contributed by atoms with Gasteiger partial charge < -0.3 is 14.7 Å². The van der Waals surface area contributed by atoms with Crippen LogP contribution in [0, 0.1) is 0 Å². The quantitative estimate of drug-likeness (QED) is 0.597. The van der Waals surface area contributed by atoms with E-state index in [0.29, 0.717) is 13.1 Å².